The van der Waals surface area contributed by atoms with Gasteiger partial charge in [-0.1, -0.05) is 42.6 Å². The Morgan fingerprint density at radius 2 is 1.92 bits per heavy atom. The van der Waals surface area contributed by atoms with Crippen LogP contribution in [-0.4, -0.2) is 35.0 Å². The average Bonchev–Trinajstić information content (AvgIpc) is 3.18. The highest BCUT2D eigenvalue weighted by Crippen LogP contribution is 2.65. The summed E-state index contributed by atoms with van der Waals surface area (Å²) in [6.45, 7) is 7.47. The van der Waals surface area contributed by atoms with E-state index < -0.39 is 0 Å². The van der Waals surface area contributed by atoms with Gasteiger partial charge in [0.1, 0.15) is 18.1 Å². The highest BCUT2D eigenvalue weighted by Gasteiger charge is 2.57. The highest BCUT2D eigenvalue weighted by atomic mass is 35.5. The van der Waals surface area contributed by atoms with Crippen LogP contribution in [0, 0.1) is 29.6 Å². The van der Waals surface area contributed by atoms with Crippen LogP contribution in [0.15, 0.2) is 36.4 Å². The Morgan fingerprint density at radius 1 is 1.17 bits per heavy atom. The second-order valence-corrected chi connectivity index (χ2v) is 12.2. The first-order valence-electron chi connectivity index (χ1n) is 13.3. The fraction of sp³-hybridized carbons (Fsp3) is 0.548. The standard InChI is InChI=1S/C31H38ClNO3/c1-5-30(2,3)33-16-17-36-20-8-6-19(7-9-20)24-18-31(4)25(13-15-27(31)35)23-11-10-22-21(28(23)24)12-14-26(34)29(22)32/h1,6-9,12,14,23-25,27-28,33-35H,10-11,13,15-18H2,2-4H3/t23-,24+,25-,27-,28+,31-/m0/s1. The van der Waals surface area contributed by atoms with Crippen molar-refractivity contribution in [1.82, 2.24) is 5.32 Å². The van der Waals surface area contributed by atoms with Crippen molar-refractivity contribution < 1.29 is 14.9 Å². The van der Waals surface area contributed by atoms with Crippen molar-refractivity contribution in [2.45, 2.75) is 76.4 Å². The normalized spacial score (nSPS) is 31.2. The number of aromatic hydroxyl groups is 1. The zero-order chi connectivity index (χ0) is 25.7. The van der Waals surface area contributed by atoms with Crippen molar-refractivity contribution in [2.75, 3.05) is 13.2 Å². The number of hydrogen-bond donors (Lipinski definition) is 3. The van der Waals surface area contributed by atoms with Crippen molar-refractivity contribution in [2.24, 2.45) is 17.3 Å². The molecule has 0 saturated heterocycles. The number of halogens is 1. The Bertz CT molecular complexity index is 1150. The van der Waals surface area contributed by atoms with Gasteiger partial charge in [0, 0.05) is 6.54 Å². The fourth-order valence-electron chi connectivity index (χ4n) is 7.43. The molecule has 4 nitrogen and oxygen atoms in total. The molecule has 0 bridgehead atoms. The number of hydrogen-bond acceptors (Lipinski definition) is 4. The molecule has 2 fully saturated rings. The third-order valence-corrected chi connectivity index (χ3v) is 9.81. The second kappa shape index (κ2) is 9.60. The summed E-state index contributed by atoms with van der Waals surface area (Å²) in [6.07, 6.45) is 10.1. The molecule has 0 amide bonds. The molecular weight excluding hydrogens is 470 g/mol. The number of ether oxygens (including phenoxy) is 1. The summed E-state index contributed by atoms with van der Waals surface area (Å²) in [5.74, 6) is 5.36. The molecule has 0 spiro atoms. The average molecular weight is 508 g/mol. The van der Waals surface area contributed by atoms with E-state index in [-0.39, 0.29) is 28.7 Å². The van der Waals surface area contributed by atoms with E-state index in [1.54, 1.807) is 6.07 Å². The van der Waals surface area contributed by atoms with E-state index in [1.807, 2.05) is 13.8 Å². The molecule has 0 aliphatic heterocycles. The summed E-state index contributed by atoms with van der Waals surface area (Å²) >= 11 is 6.59. The van der Waals surface area contributed by atoms with Crippen molar-refractivity contribution in [3.8, 4) is 23.8 Å². The third kappa shape index (κ3) is 4.40. The van der Waals surface area contributed by atoms with E-state index in [0.717, 1.165) is 43.4 Å². The van der Waals surface area contributed by atoms with E-state index in [4.69, 9.17) is 22.8 Å². The maximum absolute atomic E-state index is 11.1. The Morgan fingerprint density at radius 3 is 2.64 bits per heavy atom. The number of nitrogens with one attached hydrogen (secondary N) is 1. The predicted molar refractivity (Wildman–Crippen MR) is 145 cm³/mol. The van der Waals surface area contributed by atoms with Gasteiger partial charge in [-0.15, -0.1) is 6.42 Å². The van der Waals surface area contributed by atoms with Crippen LogP contribution in [0.25, 0.3) is 0 Å². The van der Waals surface area contributed by atoms with Gasteiger partial charge < -0.3 is 14.9 Å². The van der Waals surface area contributed by atoms with Crippen LogP contribution >= 0.6 is 11.6 Å². The number of terminal acetylenes is 1. The van der Waals surface area contributed by atoms with Gasteiger partial charge in [0.2, 0.25) is 0 Å². The summed E-state index contributed by atoms with van der Waals surface area (Å²) in [7, 11) is 0. The van der Waals surface area contributed by atoms with Gasteiger partial charge in [-0.3, -0.25) is 5.32 Å². The number of aliphatic hydroxyl groups excluding tert-OH is 1. The maximum Gasteiger partial charge on any atom is 0.134 e. The van der Waals surface area contributed by atoms with Crippen LogP contribution in [0.2, 0.25) is 5.02 Å². The molecule has 2 aromatic rings. The lowest BCUT2D eigenvalue weighted by atomic mass is 9.51. The molecule has 36 heavy (non-hydrogen) atoms. The van der Waals surface area contributed by atoms with Crippen LogP contribution < -0.4 is 10.1 Å². The molecule has 5 rings (SSSR count). The lowest BCUT2D eigenvalue weighted by Gasteiger charge is -2.54. The first-order chi connectivity index (χ1) is 17.1. The fourth-order valence-corrected chi connectivity index (χ4v) is 7.70. The summed E-state index contributed by atoms with van der Waals surface area (Å²) in [4.78, 5) is 0. The Labute approximate surface area is 220 Å². The van der Waals surface area contributed by atoms with Gasteiger partial charge in [-0.25, -0.2) is 0 Å². The van der Waals surface area contributed by atoms with Crippen LogP contribution in [-0.2, 0) is 6.42 Å². The molecule has 0 radical (unpaired) electrons. The minimum Gasteiger partial charge on any atom is -0.506 e. The molecule has 5 heteroatoms. The lowest BCUT2D eigenvalue weighted by molar-refractivity contribution is -0.0322. The van der Waals surface area contributed by atoms with E-state index in [9.17, 15) is 10.2 Å². The van der Waals surface area contributed by atoms with Crippen LogP contribution in [0.5, 0.6) is 11.5 Å². The molecular formula is C31H38ClNO3. The van der Waals surface area contributed by atoms with Crippen LogP contribution in [0.1, 0.15) is 75.0 Å². The SMILES string of the molecule is C#CC(C)(C)NCCOc1ccc([C@H]2C[C@]3(C)[C@@H](O)CC[C@H]3[C@@H]3CCc4c(ccc(O)c4Cl)[C@H]32)cc1. The van der Waals surface area contributed by atoms with E-state index in [1.165, 1.54) is 11.1 Å². The lowest BCUT2D eigenvalue weighted by Crippen LogP contribution is -2.47. The summed E-state index contributed by atoms with van der Waals surface area (Å²) in [5.41, 5.74) is 3.24. The minimum absolute atomic E-state index is 0.0747. The first-order valence-corrected chi connectivity index (χ1v) is 13.7. The molecule has 2 aromatic carbocycles. The van der Waals surface area contributed by atoms with Gasteiger partial charge >= 0.3 is 0 Å². The third-order valence-electron chi connectivity index (χ3n) is 9.38. The molecule has 192 valence electrons. The zero-order valence-electron chi connectivity index (χ0n) is 21.6. The zero-order valence-corrected chi connectivity index (χ0v) is 22.3. The number of benzene rings is 2. The number of phenols is 1. The van der Waals surface area contributed by atoms with Crippen molar-refractivity contribution in [3.63, 3.8) is 0 Å². The topological polar surface area (TPSA) is 61.7 Å². The van der Waals surface area contributed by atoms with Gasteiger partial charge in [0.05, 0.1) is 16.7 Å². The van der Waals surface area contributed by atoms with Crippen molar-refractivity contribution >= 4 is 11.6 Å². The first kappa shape index (κ1) is 25.5. The Balaban J connectivity index is 1.42. The van der Waals surface area contributed by atoms with Crippen molar-refractivity contribution in [3.05, 3.63) is 58.1 Å². The smallest absolute Gasteiger partial charge is 0.134 e. The number of phenolic OH excluding ortho intramolecular Hbond substituents is 1. The van der Waals surface area contributed by atoms with Crippen molar-refractivity contribution in [1.29, 1.82) is 0 Å². The summed E-state index contributed by atoms with van der Waals surface area (Å²) in [5, 5.41) is 25.1. The molecule has 6 atom stereocenters. The molecule has 2 saturated carbocycles. The predicted octanol–water partition coefficient (Wildman–Crippen LogP) is 6.04. The molecule has 3 aliphatic rings. The Kier molecular flexibility index (Phi) is 6.79. The Hall–Kier alpha value is -2.19. The summed E-state index contributed by atoms with van der Waals surface area (Å²) in [6, 6.07) is 12.3. The molecule has 3 N–H and O–H groups in total. The molecule has 3 aliphatic carbocycles. The molecule has 0 aromatic heterocycles. The second-order valence-electron chi connectivity index (χ2n) is 11.8. The van der Waals surface area contributed by atoms with Gasteiger partial charge in [0.15, 0.2) is 0 Å². The molecule has 0 heterocycles. The number of rotatable bonds is 6. The number of fused-ring (bicyclic) bond motifs is 5. The highest BCUT2D eigenvalue weighted by molar-refractivity contribution is 6.32. The number of aliphatic hydroxyl groups is 1. The van der Waals surface area contributed by atoms with Gasteiger partial charge in [-0.05, 0) is 110 Å². The van der Waals surface area contributed by atoms with Crippen LogP contribution in [0.3, 0.4) is 0 Å². The maximum atomic E-state index is 11.1. The van der Waals surface area contributed by atoms with E-state index in [2.05, 4.69) is 48.5 Å². The summed E-state index contributed by atoms with van der Waals surface area (Å²) < 4.78 is 5.97. The monoisotopic (exact) mass is 507 g/mol. The molecule has 0 unspecified atom stereocenters. The minimum atomic E-state index is -0.348. The van der Waals surface area contributed by atoms with E-state index in [0.29, 0.717) is 35.9 Å². The van der Waals surface area contributed by atoms with Crippen LogP contribution in [0.4, 0.5) is 0 Å². The quantitative estimate of drug-likeness (QED) is 0.329. The van der Waals surface area contributed by atoms with Gasteiger partial charge in [-0.2, -0.15) is 0 Å². The van der Waals surface area contributed by atoms with Gasteiger partial charge in [0.25, 0.3) is 0 Å². The van der Waals surface area contributed by atoms with E-state index >= 15 is 0 Å². The largest absolute Gasteiger partial charge is 0.506 e.